The van der Waals surface area contributed by atoms with Gasteiger partial charge >= 0.3 is 5.97 Å². The SMILES string of the molecule is CC(C)CC(=O)OC(C=O)=C1CC[C@H]2[C@@H]3CCC4=CC(=O)C=C[C@]4(C)[C@H]3CC[C@]12C. The molecule has 4 nitrogen and oxygen atoms in total. The first-order chi connectivity index (χ1) is 14.2. The Morgan fingerprint density at radius 3 is 2.67 bits per heavy atom. The standard InChI is InChI=1S/C26H34O4/c1-16(2)13-24(29)30-23(15-27)22-8-7-20-19-6-5-17-14-18(28)9-11-25(17,3)21(19)10-12-26(20,22)4/h9,11,14-16,19-21H,5-8,10,12-13H2,1-4H3/t19-,20-,21-,25-,26-/m0/s1. The van der Waals surface area contributed by atoms with Crippen molar-refractivity contribution in [3.05, 3.63) is 35.1 Å². The van der Waals surface area contributed by atoms with Gasteiger partial charge in [-0.25, -0.2) is 0 Å². The second-order valence-electron chi connectivity index (χ2n) is 10.6. The zero-order valence-corrected chi connectivity index (χ0v) is 18.7. The molecule has 0 N–H and O–H groups in total. The topological polar surface area (TPSA) is 60.4 Å². The van der Waals surface area contributed by atoms with Gasteiger partial charge in [0.25, 0.3) is 0 Å². The van der Waals surface area contributed by atoms with Gasteiger partial charge in [-0.05, 0) is 85.3 Å². The van der Waals surface area contributed by atoms with E-state index in [-0.39, 0.29) is 34.3 Å². The van der Waals surface area contributed by atoms with Gasteiger partial charge in [-0.1, -0.05) is 39.3 Å². The van der Waals surface area contributed by atoms with Crippen LogP contribution < -0.4 is 0 Å². The second-order valence-corrected chi connectivity index (χ2v) is 10.6. The Labute approximate surface area is 179 Å². The number of carbonyl (C=O) groups excluding carboxylic acids is 3. The molecule has 0 aromatic heterocycles. The van der Waals surface area contributed by atoms with Crippen LogP contribution in [0.1, 0.15) is 72.6 Å². The van der Waals surface area contributed by atoms with Gasteiger partial charge in [0.1, 0.15) is 0 Å². The summed E-state index contributed by atoms with van der Waals surface area (Å²) in [5.41, 5.74) is 2.24. The van der Waals surface area contributed by atoms with Crippen molar-refractivity contribution in [3.8, 4) is 0 Å². The normalized spacial score (nSPS) is 39.0. The summed E-state index contributed by atoms with van der Waals surface area (Å²) in [6.07, 6.45) is 12.9. The maximum Gasteiger partial charge on any atom is 0.311 e. The van der Waals surface area contributed by atoms with E-state index in [1.54, 1.807) is 6.08 Å². The maximum atomic E-state index is 12.2. The van der Waals surface area contributed by atoms with Gasteiger partial charge < -0.3 is 4.74 Å². The smallest absolute Gasteiger partial charge is 0.311 e. The predicted octanol–water partition coefficient (Wildman–Crippen LogP) is 5.34. The minimum absolute atomic E-state index is 0.0259. The summed E-state index contributed by atoms with van der Waals surface area (Å²) in [6, 6.07) is 0. The molecular weight excluding hydrogens is 376 g/mol. The van der Waals surface area contributed by atoms with Crippen LogP contribution in [0.2, 0.25) is 0 Å². The lowest BCUT2D eigenvalue weighted by Gasteiger charge is -2.56. The fourth-order valence-corrected chi connectivity index (χ4v) is 7.07. The molecule has 4 aliphatic rings. The van der Waals surface area contributed by atoms with E-state index in [9.17, 15) is 14.4 Å². The molecular formula is C26H34O4. The Balaban J connectivity index is 1.62. The highest BCUT2D eigenvalue weighted by atomic mass is 16.5. The molecule has 0 amide bonds. The van der Waals surface area contributed by atoms with Crippen molar-refractivity contribution in [2.24, 2.45) is 34.5 Å². The lowest BCUT2D eigenvalue weighted by Crippen LogP contribution is -2.48. The van der Waals surface area contributed by atoms with Crippen LogP contribution in [0.25, 0.3) is 0 Å². The van der Waals surface area contributed by atoms with Crippen molar-refractivity contribution in [1.29, 1.82) is 0 Å². The summed E-state index contributed by atoms with van der Waals surface area (Å²) in [6.45, 7) is 8.53. The van der Waals surface area contributed by atoms with Crippen LogP contribution in [0.15, 0.2) is 35.1 Å². The van der Waals surface area contributed by atoms with Crippen LogP contribution in [0, 0.1) is 34.5 Å². The lowest BCUT2D eigenvalue weighted by atomic mass is 9.48. The Hall–Kier alpha value is -1.97. The molecule has 0 aromatic carbocycles. The summed E-state index contributed by atoms with van der Waals surface area (Å²) in [7, 11) is 0. The number of fused-ring (bicyclic) bond motifs is 5. The average Bonchev–Trinajstić information content (AvgIpc) is 3.03. The molecule has 3 fully saturated rings. The van der Waals surface area contributed by atoms with E-state index in [2.05, 4.69) is 19.9 Å². The Morgan fingerprint density at radius 1 is 1.20 bits per heavy atom. The highest BCUT2D eigenvalue weighted by Crippen LogP contribution is 2.66. The minimum Gasteiger partial charge on any atom is -0.423 e. The second kappa shape index (κ2) is 7.62. The molecule has 162 valence electrons. The van der Waals surface area contributed by atoms with E-state index in [1.807, 2.05) is 19.9 Å². The van der Waals surface area contributed by atoms with Crippen LogP contribution in [0.4, 0.5) is 0 Å². The first-order valence-corrected chi connectivity index (χ1v) is 11.5. The quantitative estimate of drug-likeness (QED) is 0.272. The summed E-state index contributed by atoms with van der Waals surface area (Å²) >= 11 is 0. The van der Waals surface area contributed by atoms with E-state index in [0.717, 1.165) is 50.4 Å². The summed E-state index contributed by atoms with van der Waals surface area (Å²) < 4.78 is 5.58. The fourth-order valence-electron chi connectivity index (χ4n) is 7.07. The lowest BCUT2D eigenvalue weighted by molar-refractivity contribution is -0.142. The van der Waals surface area contributed by atoms with E-state index in [1.165, 1.54) is 5.57 Å². The number of allylic oxidation sites excluding steroid dienone is 6. The Kier molecular flexibility index (Phi) is 5.40. The molecule has 3 saturated carbocycles. The number of ether oxygens (including phenoxy) is 1. The molecule has 0 bridgehead atoms. The number of hydrogen-bond donors (Lipinski definition) is 0. The monoisotopic (exact) mass is 410 g/mol. The fraction of sp³-hybridized carbons (Fsp3) is 0.654. The minimum atomic E-state index is -0.308. The molecule has 30 heavy (non-hydrogen) atoms. The van der Waals surface area contributed by atoms with Gasteiger partial charge in [-0.2, -0.15) is 0 Å². The van der Waals surface area contributed by atoms with Crippen LogP contribution in [0.3, 0.4) is 0 Å². The molecule has 0 aliphatic heterocycles. The number of ketones is 1. The zero-order valence-electron chi connectivity index (χ0n) is 18.7. The number of hydrogen-bond acceptors (Lipinski definition) is 4. The highest BCUT2D eigenvalue weighted by molar-refractivity contribution is 6.01. The van der Waals surface area contributed by atoms with Gasteiger partial charge in [-0.3, -0.25) is 14.4 Å². The van der Waals surface area contributed by atoms with Crippen molar-refractivity contribution in [2.75, 3.05) is 0 Å². The number of carbonyl (C=O) groups is 3. The van der Waals surface area contributed by atoms with E-state index in [0.29, 0.717) is 24.2 Å². The van der Waals surface area contributed by atoms with E-state index >= 15 is 0 Å². The van der Waals surface area contributed by atoms with Crippen molar-refractivity contribution in [1.82, 2.24) is 0 Å². The first kappa shape index (κ1) is 21.3. The maximum absolute atomic E-state index is 12.2. The molecule has 4 heteroatoms. The molecule has 0 radical (unpaired) electrons. The Bertz CT molecular complexity index is 860. The molecule has 0 unspecified atom stereocenters. The zero-order chi connectivity index (χ0) is 21.7. The molecule has 0 aromatic rings. The summed E-state index contributed by atoms with van der Waals surface area (Å²) in [4.78, 5) is 36.1. The van der Waals surface area contributed by atoms with Gasteiger partial charge in [0.2, 0.25) is 0 Å². The summed E-state index contributed by atoms with van der Waals surface area (Å²) in [5.74, 6) is 1.88. The predicted molar refractivity (Wildman–Crippen MR) is 115 cm³/mol. The van der Waals surface area contributed by atoms with Crippen molar-refractivity contribution in [3.63, 3.8) is 0 Å². The Morgan fingerprint density at radius 2 is 1.97 bits per heavy atom. The van der Waals surface area contributed by atoms with Crippen LogP contribution >= 0.6 is 0 Å². The van der Waals surface area contributed by atoms with Gasteiger partial charge in [0.05, 0.1) is 0 Å². The average molecular weight is 411 g/mol. The number of esters is 1. The third-order valence-corrected chi connectivity index (χ3v) is 8.54. The van der Waals surface area contributed by atoms with Gasteiger partial charge in [0.15, 0.2) is 17.8 Å². The first-order valence-electron chi connectivity index (χ1n) is 11.5. The van der Waals surface area contributed by atoms with Gasteiger partial charge in [-0.15, -0.1) is 0 Å². The molecule has 5 atom stereocenters. The van der Waals surface area contributed by atoms with Crippen LogP contribution in [-0.2, 0) is 19.1 Å². The number of aldehydes is 1. The number of rotatable bonds is 4. The molecule has 0 spiro atoms. The van der Waals surface area contributed by atoms with E-state index in [4.69, 9.17) is 4.74 Å². The molecule has 4 rings (SSSR count). The largest absolute Gasteiger partial charge is 0.423 e. The summed E-state index contributed by atoms with van der Waals surface area (Å²) in [5, 5.41) is 0. The molecule has 0 heterocycles. The van der Waals surface area contributed by atoms with Crippen molar-refractivity contribution in [2.45, 2.75) is 72.6 Å². The third-order valence-electron chi connectivity index (χ3n) is 8.54. The highest BCUT2D eigenvalue weighted by Gasteiger charge is 2.57. The molecule has 4 aliphatic carbocycles. The third kappa shape index (κ3) is 3.33. The van der Waals surface area contributed by atoms with Crippen LogP contribution in [-0.4, -0.2) is 18.0 Å². The van der Waals surface area contributed by atoms with Crippen molar-refractivity contribution >= 4 is 18.0 Å². The molecule has 0 saturated heterocycles. The van der Waals surface area contributed by atoms with E-state index < -0.39 is 0 Å². The van der Waals surface area contributed by atoms with Crippen molar-refractivity contribution < 1.29 is 19.1 Å². The van der Waals surface area contributed by atoms with Crippen LogP contribution in [0.5, 0.6) is 0 Å². The van der Waals surface area contributed by atoms with Gasteiger partial charge in [0, 0.05) is 11.8 Å².